The molecule has 0 spiro atoms. The zero-order valence-electron chi connectivity index (χ0n) is 13.4. The van der Waals surface area contributed by atoms with Crippen molar-refractivity contribution in [1.29, 1.82) is 0 Å². The number of carbonyl (C=O) groups is 1. The van der Waals surface area contributed by atoms with E-state index >= 15 is 0 Å². The minimum absolute atomic E-state index is 0.0645. The second-order valence-corrected chi connectivity index (χ2v) is 7.97. The summed E-state index contributed by atoms with van der Waals surface area (Å²) < 4.78 is 29.3. The summed E-state index contributed by atoms with van der Waals surface area (Å²) in [6.45, 7) is 3.88. The summed E-state index contributed by atoms with van der Waals surface area (Å²) in [6, 6.07) is 8.15. The molecule has 0 bridgehead atoms. The van der Waals surface area contributed by atoms with E-state index in [9.17, 15) is 13.2 Å². The van der Waals surface area contributed by atoms with Crippen molar-refractivity contribution in [3.8, 4) is 0 Å². The fourth-order valence-electron chi connectivity index (χ4n) is 2.78. The molecule has 3 rings (SSSR count). The Labute approximate surface area is 140 Å². The molecule has 7 nitrogen and oxygen atoms in total. The zero-order valence-corrected chi connectivity index (χ0v) is 14.3. The maximum atomic E-state index is 12.2. The van der Waals surface area contributed by atoms with Crippen LogP contribution in [0.2, 0.25) is 0 Å². The molecule has 1 amide bonds. The maximum absolute atomic E-state index is 12.2. The lowest BCUT2D eigenvalue weighted by Crippen LogP contribution is -2.40. The Hall–Kier alpha value is -2.19. The third-order valence-corrected chi connectivity index (χ3v) is 5.94. The molecular formula is C16H19N3O4S. The molecule has 2 N–H and O–H groups in total. The van der Waals surface area contributed by atoms with Crippen LogP contribution >= 0.6 is 0 Å². The van der Waals surface area contributed by atoms with E-state index in [0.717, 1.165) is 5.56 Å². The Morgan fingerprint density at radius 1 is 1.42 bits per heavy atom. The van der Waals surface area contributed by atoms with E-state index in [-0.39, 0.29) is 17.6 Å². The van der Waals surface area contributed by atoms with Crippen molar-refractivity contribution in [2.75, 3.05) is 17.6 Å². The molecule has 128 valence electrons. The lowest BCUT2D eigenvalue weighted by Gasteiger charge is -2.16. The van der Waals surface area contributed by atoms with E-state index < -0.39 is 15.9 Å². The summed E-state index contributed by atoms with van der Waals surface area (Å²) in [7, 11) is -3.23. The van der Waals surface area contributed by atoms with Crippen LogP contribution in [0.15, 0.2) is 39.8 Å². The Morgan fingerprint density at radius 3 is 2.88 bits per heavy atom. The van der Waals surface area contributed by atoms with Crippen LogP contribution in [0, 0.1) is 6.92 Å². The van der Waals surface area contributed by atoms with Gasteiger partial charge in [0.1, 0.15) is 0 Å². The van der Waals surface area contributed by atoms with Gasteiger partial charge in [-0.05, 0) is 25.5 Å². The van der Waals surface area contributed by atoms with Crippen molar-refractivity contribution in [2.24, 2.45) is 0 Å². The van der Waals surface area contributed by atoms with Gasteiger partial charge in [0.25, 0.3) is 0 Å². The normalized spacial score (nSPS) is 19.7. The van der Waals surface area contributed by atoms with Gasteiger partial charge in [-0.25, -0.2) is 8.42 Å². The van der Waals surface area contributed by atoms with Crippen LogP contribution in [0.5, 0.6) is 0 Å². The number of hydrogen-bond donors (Lipinski definition) is 2. The van der Waals surface area contributed by atoms with Gasteiger partial charge < -0.3 is 9.84 Å². The van der Waals surface area contributed by atoms with Gasteiger partial charge in [-0.15, -0.1) is 0 Å². The third-order valence-electron chi connectivity index (χ3n) is 4.05. The van der Waals surface area contributed by atoms with E-state index in [1.54, 1.807) is 32.0 Å². The topological polar surface area (TPSA) is 101 Å². The summed E-state index contributed by atoms with van der Waals surface area (Å²) in [5, 5.41) is 9.42. The Balaban J connectivity index is 1.61. The molecule has 0 fully saturated rings. The van der Waals surface area contributed by atoms with Gasteiger partial charge >= 0.3 is 0 Å². The zero-order chi connectivity index (χ0) is 17.3. The molecule has 0 aliphatic carbocycles. The van der Waals surface area contributed by atoms with E-state index in [1.165, 1.54) is 0 Å². The first-order chi connectivity index (χ1) is 11.4. The summed E-state index contributed by atoms with van der Waals surface area (Å²) in [4.78, 5) is 12.5. The van der Waals surface area contributed by atoms with E-state index in [0.29, 0.717) is 23.0 Å². The smallest absolute Gasteiger partial charge is 0.243 e. The van der Waals surface area contributed by atoms with Gasteiger partial charge in [0.15, 0.2) is 9.84 Å². The highest BCUT2D eigenvalue weighted by Crippen LogP contribution is 2.34. The van der Waals surface area contributed by atoms with Crippen molar-refractivity contribution >= 4 is 21.6 Å². The Bertz CT molecular complexity index is 860. The van der Waals surface area contributed by atoms with Crippen LogP contribution in [0.1, 0.15) is 24.1 Å². The lowest BCUT2D eigenvalue weighted by atomic mass is 10.0. The number of amides is 1. The van der Waals surface area contributed by atoms with E-state index in [4.69, 9.17) is 4.52 Å². The molecule has 2 atom stereocenters. The number of fused-ring (bicyclic) bond motifs is 1. The van der Waals surface area contributed by atoms with Crippen molar-refractivity contribution < 1.29 is 17.7 Å². The number of rotatable bonds is 5. The fraction of sp³-hybridized carbons (Fsp3) is 0.375. The van der Waals surface area contributed by atoms with Crippen LogP contribution < -0.4 is 10.6 Å². The number of carbonyl (C=O) groups excluding carboxylic acids is 1. The summed E-state index contributed by atoms with van der Waals surface area (Å²) in [5.41, 5.74) is 1.49. The highest BCUT2D eigenvalue weighted by Gasteiger charge is 2.34. The number of nitrogens with zero attached hydrogens (tertiary/aromatic N) is 1. The molecule has 0 radical (unpaired) electrons. The average Bonchev–Trinajstić information content (AvgIpc) is 3.06. The summed E-state index contributed by atoms with van der Waals surface area (Å²) in [5.74, 6) is -0.0659. The number of aryl methyl sites for hydroxylation is 1. The van der Waals surface area contributed by atoms with Crippen molar-refractivity contribution in [3.05, 3.63) is 41.6 Å². The van der Waals surface area contributed by atoms with Crippen LogP contribution in [0.25, 0.3) is 0 Å². The number of nitrogens with one attached hydrogen (secondary N) is 2. The first kappa shape index (κ1) is 16.7. The van der Waals surface area contributed by atoms with E-state index in [2.05, 4.69) is 15.8 Å². The minimum atomic E-state index is -3.23. The number of aromatic nitrogens is 1. The molecule has 2 heterocycles. The van der Waals surface area contributed by atoms with Gasteiger partial charge in [-0.3, -0.25) is 10.1 Å². The molecule has 1 aromatic carbocycles. The first-order valence-corrected chi connectivity index (χ1v) is 9.31. The Kier molecular flexibility index (Phi) is 4.42. The highest BCUT2D eigenvalue weighted by molar-refractivity contribution is 7.91. The summed E-state index contributed by atoms with van der Waals surface area (Å²) in [6.07, 6.45) is 0. The van der Waals surface area contributed by atoms with Crippen LogP contribution in [0.3, 0.4) is 0 Å². The number of sulfone groups is 1. The highest BCUT2D eigenvalue weighted by atomic mass is 32.2. The number of hydrogen-bond acceptors (Lipinski definition) is 6. The fourth-order valence-corrected chi connectivity index (χ4v) is 4.66. The van der Waals surface area contributed by atoms with Crippen LogP contribution in [-0.2, 0) is 14.6 Å². The molecule has 0 saturated heterocycles. The quantitative estimate of drug-likeness (QED) is 0.848. The maximum Gasteiger partial charge on any atom is 0.243 e. The third kappa shape index (κ3) is 3.34. The predicted octanol–water partition coefficient (Wildman–Crippen LogP) is 1.47. The molecule has 24 heavy (non-hydrogen) atoms. The van der Waals surface area contributed by atoms with Gasteiger partial charge in [0.2, 0.25) is 11.8 Å². The molecule has 8 heteroatoms. The second-order valence-electron chi connectivity index (χ2n) is 5.97. The largest absolute Gasteiger partial charge is 0.338 e. The van der Waals surface area contributed by atoms with Crippen LogP contribution in [0.4, 0.5) is 5.88 Å². The second kappa shape index (κ2) is 6.37. The number of benzene rings is 1. The van der Waals surface area contributed by atoms with Crippen molar-refractivity contribution in [3.63, 3.8) is 0 Å². The van der Waals surface area contributed by atoms with E-state index in [1.807, 2.05) is 12.1 Å². The van der Waals surface area contributed by atoms with Crippen molar-refractivity contribution in [1.82, 2.24) is 10.5 Å². The average molecular weight is 349 g/mol. The van der Waals surface area contributed by atoms with Gasteiger partial charge in [0.05, 0.1) is 22.4 Å². The molecular weight excluding hydrogens is 330 g/mol. The standard InChI is InChI=1S/C16H19N3O4S/c1-10-7-15(23-19-10)18-16(20)11(2)17-8-12-9-24(21,22)14-6-4-3-5-13(12)14/h3-7,11-12,17H,8-9H2,1-2H3,(H,18,20). The molecule has 1 aromatic heterocycles. The number of anilines is 1. The van der Waals surface area contributed by atoms with Gasteiger partial charge in [-0.2, -0.15) is 0 Å². The van der Waals surface area contributed by atoms with Gasteiger partial charge in [0, 0.05) is 18.5 Å². The molecule has 0 saturated carbocycles. The Morgan fingerprint density at radius 2 is 2.17 bits per heavy atom. The molecule has 2 aromatic rings. The first-order valence-electron chi connectivity index (χ1n) is 7.66. The monoisotopic (exact) mass is 349 g/mol. The molecule has 1 aliphatic heterocycles. The van der Waals surface area contributed by atoms with Crippen molar-refractivity contribution in [2.45, 2.75) is 30.7 Å². The van der Waals surface area contributed by atoms with Crippen LogP contribution in [-0.4, -0.2) is 37.8 Å². The predicted molar refractivity (Wildman–Crippen MR) is 88.6 cm³/mol. The summed E-state index contributed by atoms with van der Waals surface area (Å²) >= 11 is 0. The van der Waals surface area contributed by atoms with Gasteiger partial charge in [-0.1, -0.05) is 23.4 Å². The lowest BCUT2D eigenvalue weighted by molar-refractivity contribution is -0.117. The molecule has 1 aliphatic rings. The minimum Gasteiger partial charge on any atom is -0.338 e. The molecule has 2 unspecified atom stereocenters. The SMILES string of the molecule is Cc1cc(NC(=O)C(C)NCC2CS(=O)(=O)c3ccccc32)on1.